The van der Waals surface area contributed by atoms with Crippen LogP contribution in [0.2, 0.25) is 0 Å². The number of ether oxygens (including phenoxy) is 1. The number of hydrogen-bond donors (Lipinski definition) is 4. The molecule has 5 heteroatoms. The van der Waals surface area contributed by atoms with Crippen molar-refractivity contribution in [1.29, 1.82) is 0 Å². The number of phenols is 4. The van der Waals surface area contributed by atoms with Gasteiger partial charge >= 0.3 is 0 Å². The van der Waals surface area contributed by atoms with Gasteiger partial charge in [-0.3, -0.25) is 0 Å². The van der Waals surface area contributed by atoms with Gasteiger partial charge in [-0.15, -0.1) is 0 Å². The van der Waals surface area contributed by atoms with Crippen molar-refractivity contribution in [1.82, 2.24) is 0 Å². The fourth-order valence-corrected chi connectivity index (χ4v) is 3.87. The summed E-state index contributed by atoms with van der Waals surface area (Å²) in [6.45, 7) is 8.09. The van der Waals surface area contributed by atoms with Gasteiger partial charge in [0, 0.05) is 17.5 Å². The summed E-state index contributed by atoms with van der Waals surface area (Å²) in [7, 11) is 0. The van der Waals surface area contributed by atoms with Crippen LogP contribution in [0.3, 0.4) is 0 Å². The Morgan fingerprint density at radius 1 is 0.444 bits per heavy atom. The third kappa shape index (κ3) is 6.58. The van der Waals surface area contributed by atoms with Crippen molar-refractivity contribution in [3.8, 4) is 23.0 Å². The molecular weight excluding hydrogens is 452 g/mol. The van der Waals surface area contributed by atoms with Crippen LogP contribution in [0, 0.1) is 27.7 Å². The molecule has 0 aliphatic heterocycles. The molecule has 0 atom stereocenters. The van der Waals surface area contributed by atoms with Gasteiger partial charge in [-0.25, -0.2) is 0 Å². The van der Waals surface area contributed by atoms with Gasteiger partial charge in [-0.1, -0.05) is 72.8 Å². The number of rotatable bonds is 6. The average Bonchev–Trinajstić information content (AvgIpc) is 2.85. The van der Waals surface area contributed by atoms with E-state index in [0.29, 0.717) is 31.1 Å². The Hall–Kier alpha value is -3.96. The summed E-state index contributed by atoms with van der Waals surface area (Å²) >= 11 is 0. The molecule has 4 aromatic rings. The third-order valence-electron chi connectivity index (χ3n) is 6.18. The van der Waals surface area contributed by atoms with Gasteiger partial charge in [-0.2, -0.15) is 0 Å². The lowest BCUT2D eigenvalue weighted by atomic mass is 9.99. The first-order chi connectivity index (χ1) is 17.2. The molecule has 0 heterocycles. The fraction of sp³-hybridized carbons (Fsp3) is 0.226. The first-order valence-corrected chi connectivity index (χ1v) is 11.9. The monoisotopic (exact) mass is 486 g/mol. The van der Waals surface area contributed by atoms with Crippen molar-refractivity contribution >= 4 is 0 Å². The molecule has 0 fully saturated rings. The lowest BCUT2D eigenvalue weighted by molar-refractivity contribution is 0.104. The van der Waals surface area contributed by atoms with Crippen molar-refractivity contribution in [2.75, 3.05) is 0 Å². The van der Waals surface area contributed by atoms with Crippen LogP contribution >= 0.6 is 0 Å². The zero-order valence-corrected chi connectivity index (χ0v) is 21.2. The molecule has 4 rings (SSSR count). The van der Waals surface area contributed by atoms with Crippen molar-refractivity contribution in [2.45, 2.75) is 47.3 Å². The highest BCUT2D eigenvalue weighted by atomic mass is 16.5. The van der Waals surface area contributed by atoms with Crippen LogP contribution in [0.25, 0.3) is 0 Å². The first-order valence-electron chi connectivity index (χ1n) is 11.9. The van der Waals surface area contributed by atoms with E-state index in [1.165, 1.54) is 0 Å². The quantitative estimate of drug-likeness (QED) is 0.242. The second-order valence-electron chi connectivity index (χ2n) is 9.00. The molecule has 0 aromatic heterocycles. The average molecular weight is 487 g/mol. The highest BCUT2D eigenvalue weighted by Crippen LogP contribution is 2.29. The van der Waals surface area contributed by atoms with E-state index in [4.69, 9.17) is 4.74 Å². The molecule has 36 heavy (non-hydrogen) atoms. The molecule has 4 aromatic carbocycles. The largest absolute Gasteiger partial charge is 0.507 e. The van der Waals surface area contributed by atoms with E-state index in [9.17, 15) is 20.4 Å². The van der Waals surface area contributed by atoms with E-state index in [0.717, 1.165) is 44.5 Å². The molecule has 0 aliphatic rings. The highest BCUT2D eigenvalue weighted by molar-refractivity contribution is 5.47. The maximum Gasteiger partial charge on any atom is 0.123 e. The summed E-state index contributed by atoms with van der Waals surface area (Å²) in [6.07, 6.45) is 0.543. The van der Waals surface area contributed by atoms with Crippen LogP contribution in [0.15, 0.2) is 72.8 Å². The second-order valence-corrected chi connectivity index (χ2v) is 9.00. The predicted molar refractivity (Wildman–Crippen MR) is 143 cm³/mol. The van der Waals surface area contributed by atoms with E-state index < -0.39 is 0 Å². The Morgan fingerprint density at radius 3 is 1.06 bits per heavy atom. The lowest BCUT2D eigenvalue weighted by Gasteiger charge is -2.10. The number of aryl methyl sites for hydroxylation is 4. The fourth-order valence-electron chi connectivity index (χ4n) is 3.87. The SMILES string of the molecule is Cc1cccc(COCc2cccc(C)c2O)c1O.Cc1cccc(Cc2cccc(C)c2O)c1O. The Labute approximate surface area is 212 Å². The topological polar surface area (TPSA) is 90.2 Å². The number of hydrogen-bond acceptors (Lipinski definition) is 5. The minimum Gasteiger partial charge on any atom is -0.507 e. The van der Waals surface area contributed by atoms with Crippen molar-refractivity contribution < 1.29 is 25.2 Å². The van der Waals surface area contributed by atoms with E-state index in [1.807, 2.05) is 100 Å². The van der Waals surface area contributed by atoms with Crippen molar-refractivity contribution in [3.63, 3.8) is 0 Å². The Kier molecular flexibility index (Phi) is 8.98. The molecule has 0 spiro atoms. The highest BCUT2D eigenvalue weighted by Gasteiger charge is 2.09. The number of para-hydroxylation sites is 4. The summed E-state index contributed by atoms with van der Waals surface area (Å²) in [5.74, 6) is 1.17. The van der Waals surface area contributed by atoms with Gasteiger partial charge in [-0.05, 0) is 61.1 Å². The van der Waals surface area contributed by atoms with Crippen LogP contribution in [0.4, 0.5) is 0 Å². The molecule has 5 nitrogen and oxygen atoms in total. The molecule has 0 radical (unpaired) electrons. The second kappa shape index (κ2) is 12.1. The Bertz CT molecular complexity index is 1230. The minimum atomic E-state index is 0.274. The molecule has 0 bridgehead atoms. The van der Waals surface area contributed by atoms with Crippen molar-refractivity contribution in [3.05, 3.63) is 117 Å². The standard InChI is InChI=1S/C16H18O3.C15H16O2/c1-11-5-3-7-13(15(11)17)9-19-10-14-8-4-6-12(2)16(14)18;1-10-5-3-7-12(14(10)16)9-13-8-4-6-11(2)15(13)17/h3-8,17-18H,9-10H2,1-2H3;3-8,16-17H,9H2,1-2H3. The van der Waals surface area contributed by atoms with E-state index in [-0.39, 0.29) is 11.5 Å². The molecule has 0 saturated heterocycles. The number of aromatic hydroxyl groups is 4. The van der Waals surface area contributed by atoms with Crippen LogP contribution in [-0.4, -0.2) is 20.4 Å². The van der Waals surface area contributed by atoms with Gasteiger partial charge in [0.25, 0.3) is 0 Å². The summed E-state index contributed by atoms with van der Waals surface area (Å²) < 4.78 is 5.56. The van der Waals surface area contributed by atoms with Crippen LogP contribution in [-0.2, 0) is 24.4 Å². The maximum absolute atomic E-state index is 9.94. The summed E-state index contributed by atoms with van der Waals surface area (Å²) in [6, 6.07) is 22.5. The maximum atomic E-state index is 9.94. The van der Waals surface area contributed by atoms with Gasteiger partial charge in [0.15, 0.2) is 0 Å². The minimum absolute atomic E-state index is 0.274. The molecule has 0 saturated carbocycles. The molecular formula is C31H34O5. The molecule has 0 aliphatic carbocycles. The lowest BCUT2D eigenvalue weighted by Crippen LogP contribution is -1.96. The summed E-state index contributed by atoms with van der Waals surface area (Å²) in [5, 5.41) is 39.6. The zero-order valence-electron chi connectivity index (χ0n) is 21.2. The van der Waals surface area contributed by atoms with Gasteiger partial charge < -0.3 is 25.2 Å². The third-order valence-corrected chi connectivity index (χ3v) is 6.18. The number of benzene rings is 4. The van der Waals surface area contributed by atoms with E-state index in [1.54, 1.807) is 0 Å². The Morgan fingerprint density at radius 2 is 0.722 bits per heavy atom. The summed E-state index contributed by atoms with van der Waals surface area (Å²) in [5.41, 5.74) is 6.57. The molecule has 188 valence electrons. The molecule has 0 amide bonds. The number of phenolic OH excluding ortho intramolecular Hbond substituents is 4. The van der Waals surface area contributed by atoms with Crippen LogP contribution < -0.4 is 0 Å². The Balaban J connectivity index is 0.000000202. The van der Waals surface area contributed by atoms with E-state index in [2.05, 4.69) is 0 Å². The smallest absolute Gasteiger partial charge is 0.123 e. The van der Waals surface area contributed by atoms with Crippen molar-refractivity contribution in [2.24, 2.45) is 0 Å². The summed E-state index contributed by atoms with van der Waals surface area (Å²) in [4.78, 5) is 0. The first kappa shape index (κ1) is 26.6. The van der Waals surface area contributed by atoms with Gasteiger partial charge in [0.05, 0.1) is 13.2 Å². The van der Waals surface area contributed by atoms with Crippen LogP contribution in [0.1, 0.15) is 44.5 Å². The normalized spacial score (nSPS) is 10.6. The van der Waals surface area contributed by atoms with E-state index >= 15 is 0 Å². The predicted octanol–water partition coefficient (Wildman–Crippen LogP) is 6.74. The molecule has 0 unspecified atom stereocenters. The van der Waals surface area contributed by atoms with Gasteiger partial charge in [0.1, 0.15) is 23.0 Å². The zero-order chi connectivity index (χ0) is 26.2. The van der Waals surface area contributed by atoms with Crippen LogP contribution in [0.5, 0.6) is 23.0 Å². The van der Waals surface area contributed by atoms with Gasteiger partial charge in [0.2, 0.25) is 0 Å². The molecule has 4 N–H and O–H groups in total.